The van der Waals surface area contributed by atoms with Gasteiger partial charge in [0, 0.05) is 6.61 Å². The molecule has 16 heavy (non-hydrogen) atoms. The fourth-order valence-corrected chi connectivity index (χ4v) is 1.65. The molecule has 0 aliphatic rings. The van der Waals surface area contributed by atoms with E-state index in [0.29, 0.717) is 16.3 Å². The fourth-order valence-electron chi connectivity index (χ4n) is 1.38. The number of hydrogen-bond donors (Lipinski definition) is 3. The Hall–Kier alpha value is -0.810. The number of benzene rings is 1. The first-order valence-corrected chi connectivity index (χ1v) is 5.28. The van der Waals surface area contributed by atoms with E-state index in [-0.39, 0.29) is 13.0 Å². The van der Waals surface area contributed by atoms with Gasteiger partial charge in [-0.25, -0.2) is 0 Å². The van der Waals surface area contributed by atoms with Gasteiger partial charge in [0.15, 0.2) is 0 Å². The molecule has 1 rings (SSSR count). The monoisotopic (exact) mass is 246 g/mol. The molecule has 0 bridgehead atoms. The molecule has 2 atom stereocenters. The van der Waals surface area contributed by atoms with Crippen molar-refractivity contribution in [3.63, 3.8) is 0 Å². The molecule has 0 aliphatic carbocycles. The summed E-state index contributed by atoms with van der Waals surface area (Å²) in [5, 5.41) is 28.3. The lowest BCUT2D eigenvalue weighted by Crippen LogP contribution is -2.19. The van der Waals surface area contributed by atoms with Crippen LogP contribution in [0.1, 0.15) is 18.1 Å². The highest BCUT2D eigenvalue weighted by atomic mass is 35.5. The molecule has 3 N–H and O–H groups in total. The fraction of sp³-hybridized carbons (Fsp3) is 0.455. The van der Waals surface area contributed by atoms with E-state index >= 15 is 0 Å². The Balaban J connectivity index is 2.84. The third-order valence-corrected chi connectivity index (χ3v) is 2.60. The van der Waals surface area contributed by atoms with E-state index in [4.69, 9.17) is 21.4 Å². The second-order valence-corrected chi connectivity index (χ2v) is 3.83. The van der Waals surface area contributed by atoms with E-state index < -0.39 is 12.2 Å². The van der Waals surface area contributed by atoms with Crippen molar-refractivity contribution in [2.75, 3.05) is 13.7 Å². The maximum absolute atomic E-state index is 9.75. The molecule has 0 aromatic heterocycles. The summed E-state index contributed by atoms with van der Waals surface area (Å²) < 4.78 is 4.97. The summed E-state index contributed by atoms with van der Waals surface area (Å²) in [6.45, 7) is -0.178. The van der Waals surface area contributed by atoms with Crippen LogP contribution in [0.25, 0.3) is 0 Å². The van der Waals surface area contributed by atoms with Crippen LogP contribution in [0.4, 0.5) is 0 Å². The lowest BCUT2D eigenvalue weighted by Gasteiger charge is -2.17. The smallest absolute Gasteiger partial charge is 0.137 e. The first-order chi connectivity index (χ1) is 7.60. The molecule has 0 radical (unpaired) electrons. The minimum absolute atomic E-state index is 0.116. The number of aliphatic hydroxyl groups excluding tert-OH is 3. The maximum atomic E-state index is 9.75. The molecule has 5 heteroatoms. The van der Waals surface area contributed by atoms with Crippen LogP contribution in [0.15, 0.2) is 18.2 Å². The van der Waals surface area contributed by atoms with Gasteiger partial charge in [0.25, 0.3) is 0 Å². The Morgan fingerprint density at radius 2 is 2.06 bits per heavy atom. The van der Waals surface area contributed by atoms with Gasteiger partial charge >= 0.3 is 0 Å². The minimum atomic E-state index is -1.06. The van der Waals surface area contributed by atoms with Crippen LogP contribution in [0, 0.1) is 0 Å². The zero-order valence-electron chi connectivity index (χ0n) is 8.93. The number of hydrogen-bond acceptors (Lipinski definition) is 4. The number of rotatable bonds is 5. The lowest BCUT2D eigenvalue weighted by molar-refractivity contribution is 0.00420. The zero-order valence-corrected chi connectivity index (χ0v) is 9.68. The SMILES string of the molecule is COc1ccc(C(O)C(O)CCO)cc1Cl. The quantitative estimate of drug-likeness (QED) is 0.728. The highest BCUT2D eigenvalue weighted by Crippen LogP contribution is 2.29. The third-order valence-electron chi connectivity index (χ3n) is 2.31. The van der Waals surface area contributed by atoms with E-state index in [1.807, 2.05) is 0 Å². The minimum Gasteiger partial charge on any atom is -0.495 e. The predicted molar refractivity (Wildman–Crippen MR) is 60.7 cm³/mol. The van der Waals surface area contributed by atoms with Crippen molar-refractivity contribution in [1.29, 1.82) is 0 Å². The topological polar surface area (TPSA) is 69.9 Å². The van der Waals surface area contributed by atoms with Gasteiger partial charge in [0.05, 0.1) is 18.2 Å². The van der Waals surface area contributed by atoms with E-state index in [2.05, 4.69) is 0 Å². The molecular weight excluding hydrogens is 232 g/mol. The number of halogens is 1. The summed E-state index contributed by atoms with van der Waals surface area (Å²) in [6, 6.07) is 4.77. The summed E-state index contributed by atoms with van der Waals surface area (Å²) in [4.78, 5) is 0. The normalized spacial score (nSPS) is 14.6. The molecule has 0 fully saturated rings. The Labute approximate surface area is 99.1 Å². The molecule has 0 saturated heterocycles. The molecular formula is C11H15ClO4. The number of methoxy groups -OCH3 is 1. The molecule has 4 nitrogen and oxygen atoms in total. The van der Waals surface area contributed by atoms with Crippen molar-refractivity contribution in [2.45, 2.75) is 18.6 Å². The van der Waals surface area contributed by atoms with Crippen LogP contribution < -0.4 is 4.74 Å². The summed E-state index contributed by atoms with van der Waals surface area (Å²) >= 11 is 5.89. The van der Waals surface area contributed by atoms with Gasteiger partial charge in [-0.05, 0) is 24.1 Å². The van der Waals surface area contributed by atoms with E-state index in [0.717, 1.165) is 0 Å². The summed E-state index contributed by atoms with van der Waals surface area (Å²) in [5.74, 6) is 0.509. The van der Waals surface area contributed by atoms with Crippen molar-refractivity contribution < 1.29 is 20.1 Å². The predicted octanol–water partition coefficient (Wildman–Crippen LogP) is 1.13. The van der Waals surface area contributed by atoms with Gasteiger partial charge in [-0.2, -0.15) is 0 Å². The summed E-state index contributed by atoms with van der Waals surface area (Å²) in [5.41, 5.74) is 0.492. The number of ether oxygens (including phenoxy) is 1. The second-order valence-electron chi connectivity index (χ2n) is 3.42. The van der Waals surface area contributed by atoms with Crippen molar-refractivity contribution in [1.82, 2.24) is 0 Å². The number of aliphatic hydroxyl groups is 3. The van der Waals surface area contributed by atoms with Crippen molar-refractivity contribution in [3.05, 3.63) is 28.8 Å². The van der Waals surface area contributed by atoms with Crippen molar-refractivity contribution in [3.8, 4) is 5.75 Å². The molecule has 0 heterocycles. The molecule has 2 unspecified atom stereocenters. The van der Waals surface area contributed by atoms with Crippen molar-refractivity contribution >= 4 is 11.6 Å². The Morgan fingerprint density at radius 3 is 2.56 bits per heavy atom. The standard InChI is InChI=1S/C11H15ClO4/c1-16-10-3-2-7(6-8(10)12)11(15)9(14)4-5-13/h2-3,6,9,11,13-15H,4-5H2,1H3. The molecule has 0 amide bonds. The van der Waals surface area contributed by atoms with Gasteiger partial charge < -0.3 is 20.1 Å². The van der Waals surface area contributed by atoms with Crippen molar-refractivity contribution in [2.24, 2.45) is 0 Å². The molecule has 0 spiro atoms. The van der Waals surface area contributed by atoms with Crippen LogP contribution in [0.5, 0.6) is 5.75 Å². The average Bonchev–Trinajstić information content (AvgIpc) is 2.28. The van der Waals surface area contributed by atoms with E-state index in [1.165, 1.54) is 13.2 Å². The first-order valence-electron chi connectivity index (χ1n) is 4.90. The third kappa shape index (κ3) is 3.09. The van der Waals surface area contributed by atoms with E-state index in [1.54, 1.807) is 12.1 Å². The molecule has 1 aromatic rings. The Morgan fingerprint density at radius 1 is 1.38 bits per heavy atom. The average molecular weight is 247 g/mol. The van der Waals surface area contributed by atoms with Gasteiger partial charge in [0.1, 0.15) is 11.9 Å². The molecule has 90 valence electrons. The van der Waals surface area contributed by atoms with E-state index in [9.17, 15) is 10.2 Å². The zero-order chi connectivity index (χ0) is 12.1. The molecule has 1 aromatic carbocycles. The molecule has 0 saturated carbocycles. The van der Waals surface area contributed by atoms with Gasteiger partial charge in [-0.15, -0.1) is 0 Å². The Bertz CT molecular complexity index is 343. The first kappa shape index (κ1) is 13.3. The highest BCUT2D eigenvalue weighted by Gasteiger charge is 2.18. The Kier molecular flexibility index (Phi) is 5.02. The van der Waals surface area contributed by atoms with Gasteiger partial charge in [-0.3, -0.25) is 0 Å². The van der Waals surface area contributed by atoms with Crippen LogP contribution in [-0.2, 0) is 0 Å². The molecule has 0 aliphatic heterocycles. The maximum Gasteiger partial charge on any atom is 0.137 e. The van der Waals surface area contributed by atoms with Crippen LogP contribution in [0.2, 0.25) is 5.02 Å². The lowest BCUT2D eigenvalue weighted by atomic mass is 10.0. The van der Waals surface area contributed by atoms with Gasteiger partial charge in [-0.1, -0.05) is 17.7 Å². The summed E-state index contributed by atoms with van der Waals surface area (Å²) in [6.07, 6.45) is -1.95. The van der Waals surface area contributed by atoms with Crippen LogP contribution in [0.3, 0.4) is 0 Å². The van der Waals surface area contributed by atoms with Crippen LogP contribution >= 0.6 is 11.6 Å². The van der Waals surface area contributed by atoms with Gasteiger partial charge in [0.2, 0.25) is 0 Å². The summed E-state index contributed by atoms with van der Waals surface area (Å²) in [7, 11) is 1.50. The largest absolute Gasteiger partial charge is 0.495 e. The highest BCUT2D eigenvalue weighted by molar-refractivity contribution is 6.32. The van der Waals surface area contributed by atoms with Crippen LogP contribution in [-0.4, -0.2) is 35.1 Å². The second kappa shape index (κ2) is 6.06.